The minimum atomic E-state index is -0.487. The Bertz CT molecular complexity index is 746. The molecule has 0 unspecified atom stereocenters. The van der Waals surface area contributed by atoms with Crippen molar-refractivity contribution >= 4 is 17.7 Å². The molecular weight excluding hydrogens is 278 g/mol. The van der Waals surface area contributed by atoms with E-state index in [0.29, 0.717) is 17.0 Å². The summed E-state index contributed by atoms with van der Waals surface area (Å²) in [5.74, 6) is 0.117. The molecule has 0 atom stereocenters. The highest BCUT2D eigenvalue weighted by molar-refractivity contribution is 6.09. The van der Waals surface area contributed by atoms with Crippen LogP contribution in [0.4, 0.5) is 5.69 Å². The Morgan fingerprint density at radius 2 is 2.23 bits per heavy atom. The summed E-state index contributed by atoms with van der Waals surface area (Å²) in [5.41, 5.74) is 2.22. The lowest BCUT2D eigenvalue weighted by Gasteiger charge is -2.07. The number of amides is 1. The number of nitrogens with one attached hydrogen (secondary N) is 1. The molecule has 110 valence electrons. The molecule has 1 aromatic heterocycles. The molecule has 5 heteroatoms. The standard InChI is InChI=1S/C17H15N3O2/c1-12-5-6-16(22-2)13(8-12)9-14(10-18)17(21)20-15-4-3-7-19-11-15/h3-9,11H,1-2H3,(H,20,21)/b14-9+. The van der Waals surface area contributed by atoms with E-state index in [9.17, 15) is 10.1 Å². The van der Waals surface area contributed by atoms with Crippen LogP contribution in [-0.4, -0.2) is 18.0 Å². The highest BCUT2D eigenvalue weighted by atomic mass is 16.5. The smallest absolute Gasteiger partial charge is 0.266 e. The lowest BCUT2D eigenvalue weighted by molar-refractivity contribution is -0.112. The maximum atomic E-state index is 12.2. The number of nitrogens with zero attached hydrogens (tertiary/aromatic N) is 2. The Morgan fingerprint density at radius 1 is 1.41 bits per heavy atom. The molecule has 1 amide bonds. The predicted molar refractivity (Wildman–Crippen MR) is 84.2 cm³/mol. The number of aryl methyl sites for hydroxylation is 1. The molecule has 1 heterocycles. The van der Waals surface area contributed by atoms with Crippen molar-refractivity contribution in [3.8, 4) is 11.8 Å². The van der Waals surface area contributed by atoms with Crippen LogP contribution in [0.2, 0.25) is 0 Å². The molecule has 0 saturated carbocycles. The Kier molecular flexibility index (Phi) is 4.89. The van der Waals surface area contributed by atoms with Gasteiger partial charge in [0.2, 0.25) is 0 Å². The van der Waals surface area contributed by atoms with Crippen LogP contribution in [0.15, 0.2) is 48.3 Å². The molecule has 1 aromatic carbocycles. The van der Waals surface area contributed by atoms with Gasteiger partial charge in [-0.15, -0.1) is 0 Å². The lowest BCUT2D eigenvalue weighted by atomic mass is 10.1. The number of hydrogen-bond donors (Lipinski definition) is 1. The maximum Gasteiger partial charge on any atom is 0.266 e. The van der Waals surface area contributed by atoms with Crippen LogP contribution < -0.4 is 10.1 Å². The van der Waals surface area contributed by atoms with Crippen molar-refractivity contribution < 1.29 is 9.53 Å². The molecule has 22 heavy (non-hydrogen) atoms. The van der Waals surface area contributed by atoms with Gasteiger partial charge in [-0.05, 0) is 37.3 Å². The first-order chi connectivity index (χ1) is 10.6. The van der Waals surface area contributed by atoms with E-state index in [1.165, 1.54) is 12.3 Å². The molecule has 0 spiro atoms. The van der Waals surface area contributed by atoms with E-state index in [4.69, 9.17) is 4.74 Å². The Balaban J connectivity index is 2.30. The number of methoxy groups -OCH3 is 1. The summed E-state index contributed by atoms with van der Waals surface area (Å²) >= 11 is 0. The number of nitriles is 1. The van der Waals surface area contributed by atoms with Gasteiger partial charge in [-0.2, -0.15) is 5.26 Å². The van der Waals surface area contributed by atoms with Crippen LogP contribution in [0.1, 0.15) is 11.1 Å². The Hall–Kier alpha value is -3.13. The fourth-order valence-electron chi connectivity index (χ4n) is 1.91. The van der Waals surface area contributed by atoms with E-state index in [-0.39, 0.29) is 5.57 Å². The van der Waals surface area contributed by atoms with Gasteiger partial charge >= 0.3 is 0 Å². The fraction of sp³-hybridized carbons (Fsp3) is 0.118. The molecular formula is C17H15N3O2. The minimum absolute atomic E-state index is 0.00671. The fourth-order valence-corrected chi connectivity index (χ4v) is 1.91. The summed E-state index contributed by atoms with van der Waals surface area (Å²) in [6, 6.07) is 10.9. The van der Waals surface area contributed by atoms with Gasteiger partial charge in [-0.1, -0.05) is 11.6 Å². The third-order valence-electron chi connectivity index (χ3n) is 2.97. The number of anilines is 1. The number of ether oxygens (including phenoxy) is 1. The van der Waals surface area contributed by atoms with Gasteiger partial charge in [0.05, 0.1) is 19.0 Å². The van der Waals surface area contributed by atoms with Gasteiger partial charge in [-0.25, -0.2) is 0 Å². The second-order valence-corrected chi connectivity index (χ2v) is 4.61. The van der Waals surface area contributed by atoms with Crippen LogP contribution in [0.5, 0.6) is 5.75 Å². The molecule has 0 fully saturated rings. The van der Waals surface area contributed by atoms with E-state index in [1.54, 1.807) is 31.5 Å². The molecule has 0 aliphatic rings. The van der Waals surface area contributed by atoms with Crippen molar-refractivity contribution in [1.82, 2.24) is 4.98 Å². The molecule has 1 N–H and O–H groups in total. The lowest BCUT2D eigenvalue weighted by Crippen LogP contribution is -2.13. The largest absolute Gasteiger partial charge is 0.496 e. The third-order valence-corrected chi connectivity index (χ3v) is 2.97. The van der Waals surface area contributed by atoms with Crippen LogP contribution in [0, 0.1) is 18.3 Å². The first kappa shape index (κ1) is 15.3. The zero-order chi connectivity index (χ0) is 15.9. The third kappa shape index (κ3) is 3.70. The average molecular weight is 293 g/mol. The average Bonchev–Trinajstić information content (AvgIpc) is 2.53. The highest BCUT2D eigenvalue weighted by Crippen LogP contribution is 2.22. The van der Waals surface area contributed by atoms with Crippen molar-refractivity contribution in [2.45, 2.75) is 6.92 Å². The molecule has 0 radical (unpaired) electrons. The predicted octanol–water partition coefficient (Wildman–Crippen LogP) is 2.94. The molecule has 5 nitrogen and oxygen atoms in total. The van der Waals surface area contributed by atoms with Crippen molar-refractivity contribution in [3.63, 3.8) is 0 Å². The molecule has 0 bridgehead atoms. The van der Waals surface area contributed by atoms with Crippen molar-refractivity contribution in [3.05, 3.63) is 59.4 Å². The molecule has 2 aromatic rings. The Labute approximate surface area is 128 Å². The number of carbonyl (C=O) groups is 1. The van der Waals surface area contributed by atoms with Gasteiger partial charge < -0.3 is 10.1 Å². The topological polar surface area (TPSA) is 75.0 Å². The van der Waals surface area contributed by atoms with Gasteiger partial charge in [0, 0.05) is 11.8 Å². The summed E-state index contributed by atoms with van der Waals surface area (Å²) in [5, 5.41) is 11.9. The van der Waals surface area contributed by atoms with Gasteiger partial charge in [-0.3, -0.25) is 9.78 Å². The van der Waals surface area contributed by atoms with E-state index in [0.717, 1.165) is 5.56 Å². The van der Waals surface area contributed by atoms with E-state index in [2.05, 4.69) is 10.3 Å². The Morgan fingerprint density at radius 3 is 2.86 bits per heavy atom. The second-order valence-electron chi connectivity index (χ2n) is 4.61. The van der Waals surface area contributed by atoms with E-state index in [1.807, 2.05) is 25.1 Å². The number of pyridine rings is 1. The van der Waals surface area contributed by atoms with Gasteiger partial charge in [0.1, 0.15) is 17.4 Å². The quantitative estimate of drug-likeness (QED) is 0.694. The minimum Gasteiger partial charge on any atom is -0.496 e. The molecule has 0 saturated heterocycles. The summed E-state index contributed by atoms with van der Waals surface area (Å²) in [4.78, 5) is 16.1. The van der Waals surface area contributed by atoms with E-state index >= 15 is 0 Å². The number of carbonyl (C=O) groups excluding carboxylic acids is 1. The number of hydrogen-bond acceptors (Lipinski definition) is 4. The summed E-state index contributed by atoms with van der Waals surface area (Å²) < 4.78 is 5.25. The van der Waals surface area contributed by atoms with Crippen LogP contribution >= 0.6 is 0 Å². The maximum absolute atomic E-state index is 12.2. The summed E-state index contributed by atoms with van der Waals surface area (Å²) in [7, 11) is 1.55. The van der Waals surface area contributed by atoms with Crippen molar-refractivity contribution in [2.24, 2.45) is 0 Å². The number of aromatic nitrogens is 1. The van der Waals surface area contributed by atoms with E-state index < -0.39 is 5.91 Å². The summed E-state index contributed by atoms with van der Waals surface area (Å²) in [6.07, 6.45) is 4.63. The monoisotopic (exact) mass is 293 g/mol. The second kappa shape index (κ2) is 7.04. The van der Waals surface area contributed by atoms with Crippen molar-refractivity contribution in [2.75, 3.05) is 12.4 Å². The normalized spacial score (nSPS) is 10.7. The highest BCUT2D eigenvalue weighted by Gasteiger charge is 2.11. The number of benzene rings is 1. The molecule has 0 aliphatic carbocycles. The first-order valence-corrected chi connectivity index (χ1v) is 6.62. The zero-order valence-corrected chi connectivity index (χ0v) is 12.3. The SMILES string of the molecule is COc1ccc(C)cc1/C=C(\C#N)C(=O)Nc1cccnc1. The van der Waals surface area contributed by atoms with Crippen molar-refractivity contribution in [1.29, 1.82) is 5.26 Å². The van der Waals surface area contributed by atoms with Crippen LogP contribution in [-0.2, 0) is 4.79 Å². The van der Waals surface area contributed by atoms with Gasteiger partial charge in [0.15, 0.2) is 0 Å². The zero-order valence-electron chi connectivity index (χ0n) is 12.3. The van der Waals surface area contributed by atoms with Crippen LogP contribution in [0.25, 0.3) is 6.08 Å². The molecule has 0 aliphatic heterocycles. The number of rotatable bonds is 4. The van der Waals surface area contributed by atoms with Crippen LogP contribution in [0.3, 0.4) is 0 Å². The molecule has 2 rings (SSSR count). The van der Waals surface area contributed by atoms with Gasteiger partial charge in [0.25, 0.3) is 5.91 Å². The summed E-state index contributed by atoms with van der Waals surface area (Å²) in [6.45, 7) is 1.93. The first-order valence-electron chi connectivity index (χ1n) is 6.62.